The van der Waals surface area contributed by atoms with Crippen molar-refractivity contribution in [2.45, 2.75) is 32.3 Å². The monoisotopic (exact) mass is 219 g/mol. The van der Waals surface area contributed by atoms with Crippen molar-refractivity contribution in [3.05, 3.63) is 30.3 Å². The Bertz CT molecular complexity index is 312. The van der Waals surface area contributed by atoms with Crippen LogP contribution in [0.2, 0.25) is 0 Å². The first-order valence-corrected chi connectivity index (χ1v) is 6.21. The van der Waals surface area contributed by atoms with Crippen molar-refractivity contribution >= 4 is 0 Å². The third-order valence-corrected chi connectivity index (χ3v) is 3.52. The van der Waals surface area contributed by atoms with Gasteiger partial charge in [-0.3, -0.25) is 0 Å². The Hall–Kier alpha value is -1.02. The second-order valence-electron chi connectivity index (χ2n) is 4.88. The minimum Gasteiger partial charge on any atom is -0.490 e. The van der Waals surface area contributed by atoms with E-state index in [2.05, 4.69) is 6.92 Å². The van der Waals surface area contributed by atoms with Gasteiger partial charge < -0.3 is 10.5 Å². The van der Waals surface area contributed by atoms with Gasteiger partial charge in [0.2, 0.25) is 0 Å². The highest BCUT2D eigenvalue weighted by Crippen LogP contribution is 2.31. The van der Waals surface area contributed by atoms with Crippen LogP contribution in [-0.2, 0) is 0 Å². The molecule has 1 aliphatic carbocycles. The standard InChI is InChI=1S/C14H21NO/c1-11-7-8-12(10-15)14(9-11)16-13-5-3-2-4-6-13/h2-6,11-12,14H,7-10,15H2,1H3. The van der Waals surface area contributed by atoms with Gasteiger partial charge in [0.1, 0.15) is 11.9 Å². The second kappa shape index (κ2) is 5.35. The number of ether oxygens (including phenoxy) is 1. The van der Waals surface area contributed by atoms with Crippen LogP contribution < -0.4 is 10.5 Å². The smallest absolute Gasteiger partial charge is 0.119 e. The van der Waals surface area contributed by atoms with Gasteiger partial charge in [0.05, 0.1) is 0 Å². The molecule has 1 saturated carbocycles. The lowest BCUT2D eigenvalue weighted by atomic mass is 9.80. The summed E-state index contributed by atoms with van der Waals surface area (Å²) >= 11 is 0. The lowest BCUT2D eigenvalue weighted by molar-refractivity contribution is 0.0742. The Morgan fingerprint density at radius 1 is 1.25 bits per heavy atom. The molecular formula is C14H21NO. The van der Waals surface area contributed by atoms with Crippen LogP contribution in [0, 0.1) is 11.8 Å². The predicted molar refractivity (Wildman–Crippen MR) is 66.4 cm³/mol. The van der Waals surface area contributed by atoms with Gasteiger partial charge in [0, 0.05) is 5.92 Å². The van der Waals surface area contributed by atoms with Gasteiger partial charge in [-0.15, -0.1) is 0 Å². The average Bonchev–Trinajstić information content (AvgIpc) is 2.31. The number of benzene rings is 1. The number of rotatable bonds is 3. The van der Waals surface area contributed by atoms with Gasteiger partial charge in [-0.1, -0.05) is 31.5 Å². The lowest BCUT2D eigenvalue weighted by Crippen LogP contribution is -2.37. The van der Waals surface area contributed by atoms with E-state index in [0.29, 0.717) is 12.0 Å². The van der Waals surface area contributed by atoms with Crippen LogP contribution >= 0.6 is 0 Å². The van der Waals surface area contributed by atoms with Gasteiger partial charge >= 0.3 is 0 Å². The maximum atomic E-state index is 6.05. The third-order valence-electron chi connectivity index (χ3n) is 3.52. The molecule has 0 aromatic heterocycles. The molecule has 0 bridgehead atoms. The van der Waals surface area contributed by atoms with Crippen molar-refractivity contribution < 1.29 is 4.74 Å². The predicted octanol–water partition coefficient (Wildman–Crippen LogP) is 2.83. The number of hydrogen-bond acceptors (Lipinski definition) is 2. The first-order chi connectivity index (χ1) is 7.79. The molecule has 16 heavy (non-hydrogen) atoms. The molecule has 2 N–H and O–H groups in total. The van der Waals surface area contributed by atoms with Crippen LogP contribution in [0.5, 0.6) is 5.75 Å². The van der Waals surface area contributed by atoms with Crippen LogP contribution in [0.1, 0.15) is 26.2 Å². The van der Waals surface area contributed by atoms with E-state index in [1.807, 2.05) is 30.3 Å². The van der Waals surface area contributed by atoms with Crippen LogP contribution in [0.15, 0.2) is 30.3 Å². The largest absolute Gasteiger partial charge is 0.490 e. The highest BCUT2D eigenvalue weighted by molar-refractivity contribution is 5.21. The summed E-state index contributed by atoms with van der Waals surface area (Å²) in [5.74, 6) is 2.26. The summed E-state index contributed by atoms with van der Waals surface area (Å²) in [6.07, 6.45) is 3.93. The van der Waals surface area contributed by atoms with Crippen LogP contribution in [0.3, 0.4) is 0 Å². The van der Waals surface area contributed by atoms with Crippen LogP contribution in [0.4, 0.5) is 0 Å². The summed E-state index contributed by atoms with van der Waals surface area (Å²) in [6.45, 7) is 3.04. The first-order valence-electron chi connectivity index (χ1n) is 6.21. The fraction of sp³-hybridized carbons (Fsp3) is 0.571. The van der Waals surface area contributed by atoms with Gasteiger partial charge in [-0.2, -0.15) is 0 Å². The molecule has 2 heteroatoms. The topological polar surface area (TPSA) is 35.2 Å². The zero-order valence-corrected chi connectivity index (χ0v) is 9.93. The van der Waals surface area contributed by atoms with Crippen molar-refractivity contribution in [1.82, 2.24) is 0 Å². The van der Waals surface area contributed by atoms with Crippen LogP contribution in [0.25, 0.3) is 0 Å². The average molecular weight is 219 g/mol. The van der Waals surface area contributed by atoms with E-state index < -0.39 is 0 Å². The number of hydrogen-bond donors (Lipinski definition) is 1. The second-order valence-corrected chi connectivity index (χ2v) is 4.88. The Labute approximate surface area is 97.8 Å². The van der Waals surface area contributed by atoms with Crippen molar-refractivity contribution in [2.24, 2.45) is 17.6 Å². The maximum Gasteiger partial charge on any atom is 0.119 e. The molecule has 2 nitrogen and oxygen atoms in total. The molecule has 0 saturated heterocycles. The van der Waals surface area contributed by atoms with E-state index in [-0.39, 0.29) is 0 Å². The van der Waals surface area contributed by atoms with E-state index >= 15 is 0 Å². The highest BCUT2D eigenvalue weighted by atomic mass is 16.5. The Morgan fingerprint density at radius 3 is 2.69 bits per heavy atom. The summed E-state index contributed by atoms with van der Waals surface area (Å²) in [6, 6.07) is 10.1. The number of nitrogens with two attached hydrogens (primary N) is 1. The number of para-hydroxylation sites is 1. The fourth-order valence-electron chi connectivity index (χ4n) is 2.48. The Kier molecular flexibility index (Phi) is 3.83. The van der Waals surface area contributed by atoms with Crippen molar-refractivity contribution in [2.75, 3.05) is 6.54 Å². The molecule has 3 atom stereocenters. The lowest BCUT2D eigenvalue weighted by Gasteiger charge is -2.34. The maximum absolute atomic E-state index is 6.05. The van der Waals surface area contributed by atoms with E-state index in [1.165, 1.54) is 12.8 Å². The molecule has 1 aromatic rings. The molecule has 1 aliphatic rings. The van der Waals surface area contributed by atoms with Gasteiger partial charge in [0.25, 0.3) is 0 Å². The molecule has 88 valence electrons. The van der Waals surface area contributed by atoms with E-state index in [0.717, 1.165) is 24.6 Å². The van der Waals surface area contributed by atoms with Crippen molar-refractivity contribution in [1.29, 1.82) is 0 Å². The van der Waals surface area contributed by atoms with Crippen molar-refractivity contribution in [3.8, 4) is 5.75 Å². The normalized spacial score (nSPS) is 30.0. The Balaban J connectivity index is 2.01. The molecule has 1 fully saturated rings. The van der Waals surface area contributed by atoms with E-state index in [1.54, 1.807) is 0 Å². The summed E-state index contributed by atoms with van der Waals surface area (Å²) in [7, 11) is 0. The summed E-state index contributed by atoms with van der Waals surface area (Å²) in [5.41, 5.74) is 5.81. The van der Waals surface area contributed by atoms with Crippen LogP contribution in [-0.4, -0.2) is 12.6 Å². The quantitative estimate of drug-likeness (QED) is 0.848. The zero-order valence-electron chi connectivity index (χ0n) is 9.93. The molecular weight excluding hydrogens is 198 g/mol. The van der Waals surface area contributed by atoms with Crippen molar-refractivity contribution in [3.63, 3.8) is 0 Å². The van der Waals surface area contributed by atoms with Gasteiger partial charge in [-0.05, 0) is 37.4 Å². The molecule has 0 spiro atoms. The third kappa shape index (κ3) is 2.76. The summed E-state index contributed by atoms with van der Waals surface area (Å²) < 4.78 is 6.05. The van der Waals surface area contributed by atoms with E-state index in [4.69, 9.17) is 10.5 Å². The Morgan fingerprint density at radius 2 is 2.00 bits per heavy atom. The minimum absolute atomic E-state index is 0.302. The molecule has 0 heterocycles. The fourth-order valence-corrected chi connectivity index (χ4v) is 2.48. The zero-order chi connectivity index (χ0) is 11.4. The SMILES string of the molecule is CC1CCC(CN)C(Oc2ccccc2)C1. The van der Waals surface area contributed by atoms with Gasteiger partial charge in [-0.25, -0.2) is 0 Å². The molecule has 2 rings (SSSR count). The van der Waals surface area contributed by atoms with E-state index in [9.17, 15) is 0 Å². The minimum atomic E-state index is 0.302. The van der Waals surface area contributed by atoms with Gasteiger partial charge in [0.15, 0.2) is 0 Å². The first kappa shape index (κ1) is 11.5. The summed E-state index contributed by atoms with van der Waals surface area (Å²) in [5, 5.41) is 0. The molecule has 0 radical (unpaired) electrons. The summed E-state index contributed by atoms with van der Waals surface area (Å²) in [4.78, 5) is 0. The molecule has 1 aromatic carbocycles. The molecule has 0 aliphatic heterocycles. The highest BCUT2D eigenvalue weighted by Gasteiger charge is 2.29. The molecule has 0 amide bonds. The molecule has 3 unspecified atom stereocenters.